The Bertz CT molecular complexity index is 111. The van der Waals surface area contributed by atoms with Gasteiger partial charge in [0, 0.05) is 6.61 Å². The Morgan fingerprint density at radius 1 is 1.64 bits per heavy atom. The van der Waals surface area contributed by atoms with Gasteiger partial charge in [0.2, 0.25) is 0 Å². The standard InChI is InChI=1S/C8H16O3/c1-8(2,9)11-6-7-4-3-5-10-7/h7,9H,3-6H2,1-2H3. The van der Waals surface area contributed by atoms with Crippen LogP contribution in [0.3, 0.4) is 0 Å². The van der Waals surface area contributed by atoms with Crippen LogP contribution in [0.25, 0.3) is 0 Å². The first-order chi connectivity index (χ1) is 5.08. The second kappa shape index (κ2) is 3.52. The summed E-state index contributed by atoms with van der Waals surface area (Å²) in [5.74, 6) is -1.02. The minimum atomic E-state index is -1.02. The molecule has 1 fully saturated rings. The first-order valence-corrected chi connectivity index (χ1v) is 4.06. The molecule has 1 aliphatic rings. The Morgan fingerprint density at radius 2 is 2.36 bits per heavy atom. The maximum atomic E-state index is 9.20. The number of aliphatic hydroxyl groups is 1. The smallest absolute Gasteiger partial charge is 0.159 e. The minimum Gasteiger partial charge on any atom is -0.376 e. The topological polar surface area (TPSA) is 38.7 Å². The zero-order chi connectivity index (χ0) is 8.32. The van der Waals surface area contributed by atoms with Crippen molar-refractivity contribution >= 4 is 0 Å². The van der Waals surface area contributed by atoms with E-state index in [2.05, 4.69) is 0 Å². The third-order valence-electron chi connectivity index (χ3n) is 1.65. The fraction of sp³-hybridized carbons (Fsp3) is 1.00. The maximum absolute atomic E-state index is 9.20. The predicted molar refractivity (Wildman–Crippen MR) is 41.2 cm³/mol. The molecule has 1 rings (SSSR count). The lowest BCUT2D eigenvalue weighted by Gasteiger charge is -2.20. The zero-order valence-electron chi connectivity index (χ0n) is 7.17. The van der Waals surface area contributed by atoms with E-state index in [1.165, 1.54) is 0 Å². The van der Waals surface area contributed by atoms with Crippen LogP contribution in [0.15, 0.2) is 0 Å². The lowest BCUT2D eigenvalue weighted by Crippen LogP contribution is -2.28. The molecule has 1 heterocycles. The van der Waals surface area contributed by atoms with E-state index >= 15 is 0 Å². The molecular formula is C8H16O3. The van der Waals surface area contributed by atoms with Gasteiger partial charge in [-0.15, -0.1) is 0 Å². The number of ether oxygens (including phenoxy) is 2. The fourth-order valence-electron chi connectivity index (χ4n) is 1.07. The van der Waals surface area contributed by atoms with Crippen LogP contribution in [0.4, 0.5) is 0 Å². The van der Waals surface area contributed by atoms with E-state index in [1.807, 2.05) is 0 Å². The van der Waals surface area contributed by atoms with Crippen molar-refractivity contribution in [2.75, 3.05) is 13.2 Å². The van der Waals surface area contributed by atoms with Gasteiger partial charge in [0.15, 0.2) is 5.79 Å². The Balaban J connectivity index is 2.11. The van der Waals surface area contributed by atoms with Crippen LogP contribution in [0.2, 0.25) is 0 Å². The molecule has 0 bridgehead atoms. The van der Waals surface area contributed by atoms with Crippen LogP contribution in [-0.2, 0) is 9.47 Å². The average molecular weight is 160 g/mol. The van der Waals surface area contributed by atoms with Gasteiger partial charge in [0.1, 0.15) is 0 Å². The summed E-state index contributed by atoms with van der Waals surface area (Å²) in [5.41, 5.74) is 0. The first-order valence-electron chi connectivity index (χ1n) is 4.06. The summed E-state index contributed by atoms with van der Waals surface area (Å²) in [6, 6.07) is 0. The van der Waals surface area contributed by atoms with E-state index in [0.29, 0.717) is 6.61 Å². The highest BCUT2D eigenvalue weighted by Gasteiger charge is 2.20. The molecule has 0 saturated carbocycles. The molecule has 1 saturated heterocycles. The van der Waals surface area contributed by atoms with Gasteiger partial charge < -0.3 is 14.6 Å². The molecule has 3 heteroatoms. The lowest BCUT2D eigenvalue weighted by molar-refractivity contribution is -0.190. The molecule has 66 valence electrons. The molecule has 1 atom stereocenters. The van der Waals surface area contributed by atoms with E-state index in [9.17, 15) is 5.11 Å². The molecule has 1 aliphatic heterocycles. The summed E-state index contributed by atoms with van der Waals surface area (Å²) in [4.78, 5) is 0. The predicted octanol–water partition coefficient (Wildman–Crippen LogP) is 0.910. The number of rotatable bonds is 3. The highest BCUT2D eigenvalue weighted by atomic mass is 16.6. The average Bonchev–Trinajstić information content (AvgIpc) is 2.32. The maximum Gasteiger partial charge on any atom is 0.159 e. The molecule has 0 amide bonds. The molecule has 0 aromatic carbocycles. The largest absolute Gasteiger partial charge is 0.376 e. The van der Waals surface area contributed by atoms with Crippen LogP contribution < -0.4 is 0 Å². The molecule has 0 aromatic heterocycles. The molecule has 0 radical (unpaired) electrons. The number of hydrogen-bond acceptors (Lipinski definition) is 3. The van der Waals surface area contributed by atoms with E-state index in [4.69, 9.17) is 9.47 Å². The minimum absolute atomic E-state index is 0.196. The van der Waals surface area contributed by atoms with Crippen molar-refractivity contribution < 1.29 is 14.6 Å². The van der Waals surface area contributed by atoms with Gasteiger partial charge in [-0.25, -0.2) is 0 Å². The summed E-state index contributed by atoms with van der Waals surface area (Å²) in [6.07, 6.45) is 2.36. The van der Waals surface area contributed by atoms with E-state index in [0.717, 1.165) is 19.4 Å². The highest BCUT2D eigenvalue weighted by Crippen LogP contribution is 2.14. The summed E-state index contributed by atoms with van der Waals surface area (Å²) in [6.45, 7) is 4.59. The summed E-state index contributed by atoms with van der Waals surface area (Å²) in [5, 5.41) is 9.20. The Kier molecular flexibility index (Phi) is 2.87. The van der Waals surface area contributed by atoms with Crippen molar-refractivity contribution in [3.8, 4) is 0 Å². The van der Waals surface area contributed by atoms with Crippen LogP contribution in [0.5, 0.6) is 0 Å². The van der Waals surface area contributed by atoms with Gasteiger partial charge in [-0.2, -0.15) is 0 Å². The molecule has 1 N–H and O–H groups in total. The molecule has 11 heavy (non-hydrogen) atoms. The molecule has 0 spiro atoms. The molecule has 0 aromatic rings. The van der Waals surface area contributed by atoms with Crippen molar-refractivity contribution in [3.05, 3.63) is 0 Å². The highest BCUT2D eigenvalue weighted by molar-refractivity contribution is 4.64. The molecule has 0 aliphatic carbocycles. The first kappa shape index (κ1) is 8.97. The van der Waals surface area contributed by atoms with Crippen molar-refractivity contribution in [3.63, 3.8) is 0 Å². The van der Waals surface area contributed by atoms with Gasteiger partial charge >= 0.3 is 0 Å². The van der Waals surface area contributed by atoms with Gasteiger partial charge in [0.25, 0.3) is 0 Å². The summed E-state index contributed by atoms with van der Waals surface area (Å²) < 4.78 is 10.5. The Hall–Kier alpha value is -0.120. The van der Waals surface area contributed by atoms with Crippen LogP contribution in [-0.4, -0.2) is 30.2 Å². The van der Waals surface area contributed by atoms with Gasteiger partial charge in [-0.1, -0.05) is 0 Å². The molecular weight excluding hydrogens is 144 g/mol. The van der Waals surface area contributed by atoms with E-state index in [1.54, 1.807) is 13.8 Å². The Morgan fingerprint density at radius 3 is 2.82 bits per heavy atom. The second-order valence-electron chi connectivity index (χ2n) is 3.39. The molecule has 1 unspecified atom stereocenters. The van der Waals surface area contributed by atoms with Gasteiger partial charge in [-0.05, 0) is 26.7 Å². The lowest BCUT2D eigenvalue weighted by atomic mass is 10.2. The van der Waals surface area contributed by atoms with Crippen LogP contribution in [0.1, 0.15) is 26.7 Å². The van der Waals surface area contributed by atoms with Crippen molar-refractivity contribution in [1.29, 1.82) is 0 Å². The summed E-state index contributed by atoms with van der Waals surface area (Å²) in [7, 11) is 0. The van der Waals surface area contributed by atoms with E-state index < -0.39 is 5.79 Å². The Labute approximate surface area is 67.3 Å². The third kappa shape index (κ3) is 3.70. The van der Waals surface area contributed by atoms with E-state index in [-0.39, 0.29) is 6.10 Å². The molecule has 3 nitrogen and oxygen atoms in total. The third-order valence-corrected chi connectivity index (χ3v) is 1.65. The normalized spacial score (nSPS) is 25.9. The van der Waals surface area contributed by atoms with Crippen molar-refractivity contribution in [1.82, 2.24) is 0 Å². The van der Waals surface area contributed by atoms with Gasteiger partial charge in [0.05, 0.1) is 12.7 Å². The zero-order valence-corrected chi connectivity index (χ0v) is 7.17. The summed E-state index contributed by atoms with van der Waals surface area (Å²) >= 11 is 0. The van der Waals surface area contributed by atoms with Gasteiger partial charge in [-0.3, -0.25) is 0 Å². The fourth-order valence-corrected chi connectivity index (χ4v) is 1.07. The van der Waals surface area contributed by atoms with Crippen LogP contribution in [0, 0.1) is 0 Å². The second-order valence-corrected chi connectivity index (χ2v) is 3.39. The van der Waals surface area contributed by atoms with Crippen LogP contribution >= 0.6 is 0 Å². The van der Waals surface area contributed by atoms with Crippen molar-refractivity contribution in [2.45, 2.75) is 38.6 Å². The monoisotopic (exact) mass is 160 g/mol. The quantitative estimate of drug-likeness (QED) is 0.624. The SMILES string of the molecule is CC(C)(O)OCC1CCCO1. The van der Waals surface area contributed by atoms with Crippen molar-refractivity contribution in [2.24, 2.45) is 0 Å². The number of hydrogen-bond donors (Lipinski definition) is 1.